The predicted octanol–water partition coefficient (Wildman–Crippen LogP) is 3.14. The van der Waals surface area contributed by atoms with Crippen molar-refractivity contribution in [1.29, 1.82) is 0 Å². The lowest BCUT2D eigenvalue weighted by molar-refractivity contribution is -0.0659. The first-order valence-corrected chi connectivity index (χ1v) is 9.15. The first-order valence-electron chi connectivity index (χ1n) is 9.15. The Morgan fingerprint density at radius 2 is 1.55 bits per heavy atom. The molecule has 1 aliphatic heterocycles. The van der Waals surface area contributed by atoms with E-state index in [1.807, 2.05) is 0 Å². The van der Waals surface area contributed by atoms with E-state index in [9.17, 15) is 5.21 Å². The van der Waals surface area contributed by atoms with Gasteiger partial charge in [-0.3, -0.25) is 4.90 Å². The topological polar surface area (TPSA) is 45.1 Å². The molecule has 4 saturated carbocycles. The minimum Gasteiger partial charge on any atom is -0.411 e. The summed E-state index contributed by atoms with van der Waals surface area (Å²) >= 11 is 0. The molecule has 5 aliphatic rings. The third kappa shape index (κ3) is 2.58. The Bertz CT molecular complexity index is 417. The van der Waals surface area contributed by atoms with Crippen LogP contribution in [0, 0.1) is 23.2 Å². The van der Waals surface area contributed by atoms with E-state index in [4.69, 9.17) is 4.74 Å². The maximum atomic E-state index is 9.78. The van der Waals surface area contributed by atoms with Crippen molar-refractivity contribution in [3.05, 3.63) is 0 Å². The molecule has 0 aromatic carbocycles. The fourth-order valence-electron chi connectivity index (χ4n) is 6.39. The zero-order valence-corrected chi connectivity index (χ0v) is 14.0. The molecule has 2 atom stereocenters. The van der Waals surface area contributed by atoms with Crippen molar-refractivity contribution in [2.75, 3.05) is 19.6 Å². The molecule has 4 aliphatic carbocycles. The zero-order valence-electron chi connectivity index (χ0n) is 14.0. The molecule has 0 aromatic rings. The van der Waals surface area contributed by atoms with Gasteiger partial charge in [0, 0.05) is 25.0 Å². The van der Waals surface area contributed by atoms with Crippen LogP contribution in [-0.2, 0) is 4.74 Å². The van der Waals surface area contributed by atoms with Gasteiger partial charge in [-0.05, 0) is 70.1 Å². The van der Waals surface area contributed by atoms with Crippen molar-refractivity contribution < 1.29 is 9.94 Å². The van der Waals surface area contributed by atoms with E-state index in [1.165, 1.54) is 38.5 Å². The molecule has 1 N–H and O–H groups in total. The Hall–Kier alpha value is -0.610. The summed E-state index contributed by atoms with van der Waals surface area (Å²) in [7, 11) is 0. The SMILES string of the molecule is CC1CN(C/C(=N/O)C23CC4CC(CC(C4)C2)C3)CC(C)O1. The number of rotatable bonds is 3. The quantitative estimate of drug-likeness (QED) is 0.495. The monoisotopic (exact) mass is 306 g/mol. The fourth-order valence-corrected chi connectivity index (χ4v) is 6.39. The maximum absolute atomic E-state index is 9.78. The van der Waals surface area contributed by atoms with Gasteiger partial charge in [0.05, 0.1) is 17.9 Å². The van der Waals surface area contributed by atoms with E-state index >= 15 is 0 Å². The fraction of sp³-hybridized carbons (Fsp3) is 0.944. The maximum Gasteiger partial charge on any atom is 0.0772 e. The molecule has 124 valence electrons. The van der Waals surface area contributed by atoms with Gasteiger partial charge in [0.15, 0.2) is 0 Å². The lowest BCUT2D eigenvalue weighted by Crippen LogP contribution is -2.54. The van der Waals surface area contributed by atoms with Crippen LogP contribution in [0.25, 0.3) is 0 Å². The van der Waals surface area contributed by atoms with E-state index in [-0.39, 0.29) is 17.6 Å². The van der Waals surface area contributed by atoms with Crippen LogP contribution < -0.4 is 0 Å². The summed E-state index contributed by atoms with van der Waals surface area (Å²) in [5, 5.41) is 13.6. The summed E-state index contributed by atoms with van der Waals surface area (Å²) in [6.07, 6.45) is 8.67. The molecule has 5 rings (SSSR count). The van der Waals surface area contributed by atoms with Crippen LogP contribution in [-0.4, -0.2) is 47.7 Å². The second-order valence-electron chi connectivity index (χ2n) is 8.70. The molecule has 4 nitrogen and oxygen atoms in total. The molecule has 0 aromatic heterocycles. The molecular formula is C18H30N2O2. The van der Waals surface area contributed by atoms with Gasteiger partial charge in [0.1, 0.15) is 0 Å². The largest absolute Gasteiger partial charge is 0.411 e. The Morgan fingerprint density at radius 3 is 2.00 bits per heavy atom. The molecular weight excluding hydrogens is 276 g/mol. The third-order valence-electron chi connectivity index (χ3n) is 6.64. The van der Waals surface area contributed by atoms with E-state index in [0.717, 1.165) is 43.1 Å². The molecule has 1 heterocycles. The zero-order chi connectivity index (χ0) is 15.3. The molecule has 0 amide bonds. The van der Waals surface area contributed by atoms with Gasteiger partial charge in [-0.2, -0.15) is 0 Å². The predicted molar refractivity (Wildman–Crippen MR) is 86.3 cm³/mol. The highest BCUT2D eigenvalue weighted by Gasteiger charge is 2.53. The minimum absolute atomic E-state index is 0.217. The van der Waals surface area contributed by atoms with Crippen LogP contribution in [0.15, 0.2) is 5.16 Å². The Balaban J connectivity index is 1.50. The van der Waals surface area contributed by atoms with Crippen molar-refractivity contribution in [3.63, 3.8) is 0 Å². The van der Waals surface area contributed by atoms with Crippen LogP contribution in [0.1, 0.15) is 52.4 Å². The van der Waals surface area contributed by atoms with Crippen molar-refractivity contribution in [2.45, 2.75) is 64.6 Å². The Morgan fingerprint density at radius 1 is 1.05 bits per heavy atom. The standard InChI is InChI=1S/C18H30N2O2/c1-12-9-20(10-13(2)22-12)11-17(19-21)18-6-14-3-15(7-18)5-16(4-14)8-18/h12-16,21H,3-11H2,1-2H3/b19-17-. The van der Waals surface area contributed by atoms with Crippen LogP contribution in [0.4, 0.5) is 0 Å². The van der Waals surface area contributed by atoms with Crippen molar-refractivity contribution >= 4 is 5.71 Å². The molecule has 4 bridgehead atoms. The molecule has 5 fully saturated rings. The van der Waals surface area contributed by atoms with Gasteiger partial charge < -0.3 is 9.94 Å². The molecule has 2 unspecified atom stereocenters. The molecule has 4 heteroatoms. The molecule has 1 saturated heterocycles. The van der Waals surface area contributed by atoms with Crippen LogP contribution in [0.2, 0.25) is 0 Å². The van der Waals surface area contributed by atoms with Gasteiger partial charge in [0.25, 0.3) is 0 Å². The Labute approximate surface area is 133 Å². The first-order chi connectivity index (χ1) is 10.6. The van der Waals surface area contributed by atoms with E-state index < -0.39 is 0 Å². The van der Waals surface area contributed by atoms with Gasteiger partial charge in [-0.15, -0.1) is 0 Å². The second-order valence-corrected chi connectivity index (χ2v) is 8.70. The summed E-state index contributed by atoms with van der Waals surface area (Å²) in [4.78, 5) is 2.44. The molecule has 0 radical (unpaired) electrons. The van der Waals surface area contributed by atoms with Gasteiger partial charge in [-0.1, -0.05) is 5.16 Å². The van der Waals surface area contributed by atoms with E-state index in [2.05, 4.69) is 23.9 Å². The van der Waals surface area contributed by atoms with Crippen molar-refractivity contribution in [2.24, 2.45) is 28.3 Å². The first kappa shape index (κ1) is 14.9. The van der Waals surface area contributed by atoms with E-state index in [1.54, 1.807) is 0 Å². The highest BCUT2D eigenvalue weighted by atomic mass is 16.5. The van der Waals surface area contributed by atoms with Crippen molar-refractivity contribution in [3.8, 4) is 0 Å². The molecule has 22 heavy (non-hydrogen) atoms. The van der Waals surface area contributed by atoms with Gasteiger partial charge in [0.2, 0.25) is 0 Å². The summed E-state index contributed by atoms with van der Waals surface area (Å²) < 4.78 is 5.84. The Kier molecular flexibility index (Phi) is 3.73. The minimum atomic E-state index is 0.217. The lowest BCUT2D eigenvalue weighted by atomic mass is 9.48. The van der Waals surface area contributed by atoms with Crippen LogP contribution in [0.5, 0.6) is 0 Å². The van der Waals surface area contributed by atoms with Gasteiger partial charge >= 0.3 is 0 Å². The van der Waals surface area contributed by atoms with Gasteiger partial charge in [-0.25, -0.2) is 0 Å². The second kappa shape index (κ2) is 5.48. The van der Waals surface area contributed by atoms with Crippen LogP contribution in [0.3, 0.4) is 0 Å². The number of morpholine rings is 1. The number of hydrogen-bond donors (Lipinski definition) is 1. The summed E-state index contributed by atoms with van der Waals surface area (Å²) in [5.41, 5.74) is 1.29. The number of oxime groups is 1. The summed E-state index contributed by atoms with van der Waals surface area (Å²) in [6, 6.07) is 0. The third-order valence-corrected chi connectivity index (χ3v) is 6.64. The van der Waals surface area contributed by atoms with E-state index in [0.29, 0.717) is 0 Å². The number of hydrogen-bond acceptors (Lipinski definition) is 4. The molecule has 0 spiro atoms. The number of ether oxygens (including phenoxy) is 1. The normalized spacial score (nSPS) is 48.8. The average molecular weight is 306 g/mol. The van der Waals surface area contributed by atoms with Crippen molar-refractivity contribution in [1.82, 2.24) is 4.90 Å². The highest BCUT2D eigenvalue weighted by molar-refractivity contribution is 5.92. The number of nitrogens with zero attached hydrogens (tertiary/aromatic N) is 2. The smallest absolute Gasteiger partial charge is 0.0772 e. The lowest BCUT2D eigenvalue weighted by Gasteiger charge is -2.57. The van der Waals surface area contributed by atoms with Crippen LogP contribution >= 0.6 is 0 Å². The average Bonchev–Trinajstić information content (AvgIpc) is 2.42. The summed E-state index contributed by atoms with van der Waals surface area (Å²) in [6.45, 7) is 7.03. The highest BCUT2D eigenvalue weighted by Crippen LogP contribution is 2.60. The summed E-state index contributed by atoms with van der Waals surface area (Å²) in [5.74, 6) is 2.68.